The zero-order valence-corrected chi connectivity index (χ0v) is 10.4. The molecule has 0 aromatic rings. The molecule has 1 amide bonds. The second-order valence-corrected chi connectivity index (χ2v) is 5.11. The molecule has 0 spiro atoms. The highest BCUT2D eigenvalue weighted by molar-refractivity contribution is 5.84. The van der Waals surface area contributed by atoms with Crippen LogP contribution in [0.2, 0.25) is 0 Å². The number of aliphatic carboxylic acids is 1. The third-order valence-electron chi connectivity index (χ3n) is 3.69. The minimum absolute atomic E-state index is 0.0611. The van der Waals surface area contributed by atoms with E-state index in [2.05, 4.69) is 6.92 Å². The molecule has 0 aromatic heterocycles. The Morgan fingerprint density at radius 3 is 2.25 bits per heavy atom. The van der Waals surface area contributed by atoms with Crippen LogP contribution in [0.5, 0.6) is 0 Å². The first-order valence-electron chi connectivity index (χ1n) is 5.82. The molecule has 92 valence electrons. The van der Waals surface area contributed by atoms with Crippen LogP contribution < -0.4 is 0 Å². The number of carbonyl (C=O) groups excluding carboxylic acids is 1. The predicted octanol–water partition coefficient (Wildman–Crippen LogP) is 1.46. The smallest absolute Gasteiger partial charge is 0.307 e. The molecule has 16 heavy (non-hydrogen) atoms. The van der Waals surface area contributed by atoms with Crippen molar-refractivity contribution in [3.63, 3.8) is 0 Å². The van der Waals surface area contributed by atoms with Crippen LogP contribution in [0, 0.1) is 23.7 Å². The summed E-state index contributed by atoms with van der Waals surface area (Å²) in [5.74, 6) is -0.713. The van der Waals surface area contributed by atoms with Gasteiger partial charge < -0.3 is 10.0 Å². The quantitative estimate of drug-likeness (QED) is 0.773. The van der Waals surface area contributed by atoms with E-state index in [1.165, 1.54) is 6.42 Å². The van der Waals surface area contributed by atoms with Gasteiger partial charge in [0.05, 0.1) is 5.92 Å². The molecule has 0 bridgehead atoms. The lowest BCUT2D eigenvalue weighted by atomic mass is 9.95. The van der Waals surface area contributed by atoms with E-state index in [1.54, 1.807) is 25.8 Å². The van der Waals surface area contributed by atoms with Crippen LogP contribution in [-0.4, -0.2) is 35.5 Å². The summed E-state index contributed by atoms with van der Waals surface area (Å²) in [4.78, 5) is 24.4. The fraction of sp³-hybridized carbons (Fsp3) is 0.833. The van der Waals surface area contributed by atoms with Crippen molar-refractivity contribution in [2.24, 2.45) is 23.7 Å². The van der Waals surface area contributed by atoms with Crippen molar-refractivity contribution in [1.29, 1.82) is 0 Å². The van der Waals surface area contributed by atoms with Crippen molar-refractivity contribution in [2.75, 3.05) is 13.6 Å². The number of rotatable bonds is 5. The highest BCUT2D eigenvalue weighted by Gasteiger charge is 2.36. The Labute approximate surface area is 96.6 Å². The van der Waals surface area contributed by atoms with Crippen molar-refractivity contribution < 1.29 is 14.7 Å². The van der Waals surface area contributed by atoms with Crippen LogP contribution >= 0.6 is 0 Å². The van der Waals surface area contributed by atoms with Gasteiger partial charge in [-0.05, 0) is 18.3 Å². The fourth-order valence-electron chi connectivity index (χ4n) is 1.87. The fourth-order valence-corrected chi connectivity index (χ4v) is 1.87. The summed E-state index contributed by atoms with van der Waals surface area (Å²) in [7, 11) is 1.76. The molecular weight excluding hydrogens is 206 g/mol. The minimum atomic E-state index is -0.908. The molecule has 0 aromatic carbocycles. The molecule has 0 saturated heterocycles. The lowest BCUT2D eigenvalue weighted by molar-refractivity contribution is -0.148. The minimum Gasteiger partial charge on any atom is -0.481 e. The molecule has 0 aliphatic heterocycles. The Bertz CT molecular complexity index is 290. The topological polar surface area (TPSA) is 57.6 Å². The number of carboxylic acid groups (broad SMARTS) is 1. The van der Waals surface area contributed by atoms with Crippen molar-refractivity contribution >= 4 is 11.9 Å². The lowest BCUT2D eigenvalue weighted by Gasteiger charge is -2.23. The summed E-state index contributed by atoms with van der Waals surface area (Å²) >= 11 is 0. The van der Waals surface area contributed by atoms with Gasteiger partial charge in [0, 0.05) is 19.5 Å². The van der Waals surface area contributed by atoms with Gasteiger partial charge in [0.1, 0.15) is 0 Å². The van der Waals surface area contributed by atoms with Gasteiger partial charge in [0.2, 0.25) is 5.91 Å². The van der Waals surface area contributed by atoms with Crippen LogP contribution in [-0.2, 0) is 9.59 Å². The van der Waals surface area contributed by atoms with Crippen LogP contribution in [0.15, 0.2) is 0 Å². The summed E-state index contributed by atoms with van der Waals surface area (Å²) < 4.78 is 0. The van der Waals surface area contributed by atoms with Gasteiger partial charge in [-0.15, -0.1) is 0 Å². The summed E-state index contributed by atoms with van der Waals surface area (Å²) in [6, 6.07) is 0. The van der Waals surface area contributed by atoms with Crippen molar-refractivity contribution in [2.45, 2.75) is 27.2 Å². The van der Waals surface area contributed by atoms with E-state index in [9.17, 15) is 9.59 Å². The van der Waals surface area contributed by atoms with Crippen molar-refractivity contribution in [3.8, 4) is 0 Å². The standard InChI is InChI=1S/C12H21NO3/c1-7-5-10(7)6-13(4)11(14)8(2)9(3)12(15)16/h7-10H,5-6H2,1-4H3,(H,15,16). The average Bonchev–Trinajstić information content (AvgIpc) is 2.90. The molecule has 0 radical (unpaired) electrons. The highest BCUT2D eigenvalue weighted by atomic mass is 16.4. The Hall–Kier alpha value is -1.06. The van der Waals surface area contributed by atoms with Crippen LogP contribution in [0.1, 0.15) is 27.2 Å². The summed E-state index contributed by atoms with van der Waals surface area (Å²) in [6.45, 7) is 6.20. The molecular formula is C12H21NO3. The normalized spacial score (nSPS) is 27.0. The molecule has 1 aliphatic carbocycles. The molecule has 1 fully saturated rings. The molecule has 4 unspecified atom stereocenters. The zero-order chi connectivity index (χ0) is 12.5. The number of carbonyl (C=O) groups is 2. The van der Waals surface area contributed by atoms with Gasteiger partial charge in [-0.2, -0.15) is 0 Å². The highest BCUT2D eigenvalue weighted by Crippen LogP contribution is 2.38. The number of amides is 1. The SMILES string of the molecule is CC1CC1CN(C)C(=O)C(C)C(C)C(=O)O. The second kappa shape index (κ2) is 4.85. The molecule has 4 heteroatoms. The van der Waals surface area contributed by atoms with Crippen LogP contribution in [0.3, 0.4) is 0 Å². The zero-order valence-electron chi connectivity index (χ0n) is 10.4. The van der Waals surface area contributed by atoms with E-state index in [0.717, 1.165) is 6.54 Å². The summed E-state index contributed by atoms with van der Waals surface area (Å²) in [5.41, 5.74) is 0. The van der Waals surface area contributed by atoms with Gasteiger partial charge in [0.25, 0.3) is 0 Å². The van der Waals surface area contributed by atoms with Gasteiger partial charge in [-0.25, -0.2) is 0 Å². The first kappa shape index (κ1) is 13.0. The maximum atomic E-state index is 11.9. The van der Waals surface area contributed by atoms with E-state index in [1.807, 2.05) is 0 Å². The number of nitrogens with zero attached hydrogens (tertiary/aromatic N) is 1. The molecule has 0 heterocycles. The van der Waals surface area contributed by atoms with Crippen molar-refractivity contribution in [3.05, 3.63) is 0 Å². The molecule has 1 rings (SSSR count). The predicted molar refractivity (Wildman–Crippen MR) is 60.9 cm³/mol. The number of hydrogen-bond donors (Lipinski definition) is 1. The molecule has 1 aliphatic rings. The molecule has 4 nitrogen and oxygen atoms in total. The number of hydrogen-bond acceptors (Lipinski definition) is 2. The lowest BCUT2D eigenvalue weighted by Crippen LogP contribution is -2.37. The van der Waals surface area contributed by atoms with E-state index in [0.29, 0.717) is 11.8 Å². The van der Waals surface area contributed by atoms with E-state index in [-0.39, 0.29) is 5.91 Å². The summed E-state index contributed by atoms with van der Waals surface area (Å²) in [5, 5.41) is 8.85. The molecule has 1 N–H and O–H groups in total. The second-order valence-electron chi connectivity index (χ2n) is 5.11. The first-order chi connectivity index (χ1) is 7.34. The summed E-state index contributed by atoms with van der Waals surface area (Å²) in [6.07, 6.45) is 1.18. The van der Waals surface area contributed by atoms with Gasteiger partial charge in [-0.3, -0.25) is 9.59 Å². The third kappa shape index (κ3) is 2.97. The maximum Gasteiger partial charge on any atom is 0.307 e. The van der Waals surface area contributed by atoms with Crippen molar-refractivity contribution in [1.82, 2.24) is 4.90 Å². The van der Waals surface area contributed by atoms with Gasteiger partial charge in [-0.1, -0.05) is 20.8 Å². The van der Waals surface area contributed by atoms with E-state index in [4.69, 9.17) is 5.11 Å². The molecule has 4 atom stereocenters. The maximum absolute atomic E-state index is 11.9. The van der Waals surface area contributed by atoms with Gasteiger partial charge >= 0.3 is 5.97 Å². The van der Waals surface area contributed by atoms with E-state index < -0.39 is 17.8 Å². The van der Waals surface area contributed by atoms with E-state index >= 15 is 0 Å². The third-order valence-corrected chi connectivity index (χ3v) is 3.69. The first-order valence-corrected chi connectivity index (χ1v) is 5.82. The van der Waals surface area contributed by atoms with Crippen LogP contribution in [0.4, 0.5) is 0 Å². The Morgan fingerprint density at radius 1 is 1.38 bits per heavy atom. The monoisotopic (exact) mass is 227 g/mol. The average molecular weight is 227 g/mol. The largest absolute Gasteiger partial charge is 0.481 e. The number of carboxylic acids is 1. The van der Waals surface area contributed by atoms with Crippen LogP contribution in [0.25, 0.3) is 0 Å². The Morgan fingerprint density at radius 2 is 1.88 bits per heavy atom. The Balaban J connectivity index is 2.46. The van der Waals surface area contributed by atoms with Gasteiger partial charge in [0.15, 0.2) is 0 Å². The molecule has 1 saturated carbocycles. The Kier molecular flexibility index (Phi) is 3.94.